The fraction of sp³-hybridized carbons (Fsp3) is 0.579. The van der Waals surface area contributed by atoms with Crippen molar-refractivity contribution in [3.05, 3.63) is 35.4 Å². The predicted molar refractivity (Wildman–Crippen MR) is 85.7 cm³/mol. The van der Waals surface area contributed by atoms with Gasteiger partial charge in [0.2, 0.25) is 0 Å². The third kappa shape index (κ3) is 3.67. The van der Waals surface area contributed by atoms with Crippen molar-refractivity contribution in [1.29, 1.82) is 0 Å². The van der Waals surface area contributed by atoms with E-state index >= 15 is 0 Å². The number of aliphatic hydroxyl groups is 1. The van der Waals surface area contributed by atoms with E-state index in [2.05, 4.69) is 42.0 Å². The van der Waals surface area contributed by atoms with Crippen LogP contribution in [0, 0.1) is 29.6 Å². The van der Waals surface area contributed by atoms with Crippen molar-refractivity contribution < 1.29 is 5.11 Å². The third-order valence-corrected chi connectivity index (χ3v) is 5.12. The van der Waals surface area contributed by atoms with E-state index in [0.29, 0.717) is 0 Å². The van der Waals surface area contributed by atoms with Crippen LogP contribution in [-0.4, -0.2) is 30.2 Å². The molecular weight excluding hydrogens is 258 g/mol. The Hall–Kier alpha value is -1.30. The Morgan fingerprint density at radius 2 is 2.19 bits per heavy atom. The van der Waals surface area contributed by atoms with Crippen molar-refractivity contribution in [2.24, 2.45) is 17.8 Å². The van der Waals surface area contributed by atoms with Crippen molar-refractivity contribution in [1.82, 2.24) is 4.90 Å². The van der Waals surface area contributed by atoms with Crippen LogP contribution in [0.15, 0.2) is 24.3 Å². The highest BCUT2D eigenvalue weighted by Crippen LogP contribution is 2.48. The van der Waals surface area contributed by atoms with Gasteiger partial charge in [0.05, 0.1) is 0 Å². The van der Waals surface area contributed by atoms with E-state index in [4.69, 9.17) is 5.11 Å². The summed E-state index contributed by atoms with van der Waals surface area (Å²) in [5.41, 5.74) is 2.31. The van der Waals surface area contributed by atoms with E-state index in [1.807, 2.05) is 6.07 Å². The summed E-state index contributed by atoms with van der Waals surface area (Å²) in [5.74, 6) is 8.65. The summed E-state index contributed by atoms with van der Waals surface area (Å²) in [5, 5.41) is 8.77. The molecule has 2 aliphatic rings. The lowest BCUT2D eigenvalue weighted by atomic mass is 9.88. The van der Waals surface area contributed by atoms with Crippen LogP contribution in [0.4, 0.5) is 0 Å². The van der Waals surface area contributed by atoms with Crippen LogP contribution in [0.2, 0.25) is 0 Å². The molecule has 2 saturated carbocycles. The summed E-state index contributed by atoms with van der Waals surface area (Å²) in [7, 11) is 2.23. The first-order valence-corrected chi connectivity index (χ1v) is 8.12. The fourth-order valence-electron chi connectivity index (χ4n) is 4.27. The van der Waals surface area contributed by atoms with E-state index in [9.17, 15) is 0 Å². The number of rotatable bonds is 4. The molecule has 2 heteroatoms. The van der Waals surface area contributed by atoms with Crippen LogP contribution >= 0.6 is 0 Å². The number of fused-ring (bicyclic) bond motifs is 2. The van der Waals surface area contributed by atoms with E-state index in [1.165, 1.54) is 37.8 Å². The molecule has 0 spiro atoms. The van der Waals surface area contributed by atoms with E-state index < -0.39 is 0 Å². The molecule has 3 rings (SSSR count). The van der Waals surface area contributed by atoms with Gasteiger partial charge in [-0.3, -0.25) is 0 Å². The lowest BCUT2D eigenvalue weighted by molar-refractivity contribution is 0.214. The standard InChI is InChI=1S/C19H25NO/c1-20(14-19-12-16-7-8-18(19)11-16)13-17-5-2-4-15(10-17)6-3-9-21/h2,4-5,10,16,18-19,21H,7-9,11-14H2,1H3. The van der Waals surface area contributed by atoms with E-state index in [0.717, 1.165) is 29.9 Å². The summed E-state index contributed by atoms with van der Waals surface area (Å²) < 4.78 is 0. The molecule has 0 saturated heterocycles. The predicted octanol–water partition coefficient (Wildman–Crippen LogP) is 2.90. The Morgan fingerprint density at radius 3 is 2.90 bits per heavy atom. The van der Waals surface area contributed by atoms with Gasteiger partial charge in [-0.15, -0.1) is 0 Å². The molecule has 0 radical (unpaired) electrons. The summed E-state index contributed by atoms with van der Waals surface area (Å²) in [6.07, 6.45) is 5.90. The van der Waals surface area contributed by atoms with Crippen molar-refractivity contribution in [3.63, 3.8) is 0 Å². The zero-order chi connectivity index (χ0) is 14.7. The van der Waals surface area contributed by atoms with Gasteiger partial charge in [0, 0.05) is 18.7 Å². The topological polar surface area (TPSA) is 23.5 Å². The van der Waals surface area contributed by atoms with Gasteiger partial charge in [-0.25, -0.2) is 0 Å². The maximum atomic E-state index is 8.77. The minimum Gasteiger partial charge on any atom is -0.384 e. The first kappa shape index (κ1) is 14.6. The lowest BCUT2D eigenvalue weighted by Crippen LogP contribution is -2.28. The minimum atomic E-state index is -0.0750. The van der Waals surface area contributed by atoms with E-state index in [-0.39, 0.29) is 6.61 Å². The second kappa shape index (κ2) is 6.64. The number of hydrogen-bond acceptors (Lipinski definition) is 2. The van der Waals surface area contributed by atoms with Crippen molar-refractivity contribution >= 4 is 0 Å². The highest BCUT2D eigenvalue weighted by atomic mass is 16.2. The Morgan fingerprint density at radius 1 is 1.29 bits per heavy atom. The Kier molecular flexibility index (Phi) is 4.63. The molecule has 2 nitrogen and oxygen atoms in total. The Balaban J connectivity index is 1.56. The zero-order valence-electron chi connectivity index (χ0n) is 12.9. The molecule has 3 atom stereocenters. The second-order valence-corrected chi connectivity index (χ2v) is 6.79. The smallest absolute Gasteiger partial charge is 0.104 e. The van der Waals surface area contributed by atoms with Gasteiger partial charge in [-0.1, -0.05) is 30.4 Å². The average molecular weight is 283 g/mol. The molecule has 3 unspecified atom stereocenters. The van der Waals surface area contributed by atoms with Crippen molar-refractivity contribution in [2.45, 2.75) is 32.2 Å². The molecule has 2 bridgehead atoms. The number of hydrogen-bond donors (Lipinski definition) is 1. The number of nitrogens with zero attached hydrogens (tertiary/aromatic N) is 1. The highest BCUT2D eigenvalue weighted by Gasteiger charge is 2.39. The maximum absolute atomic E-state index is 8.77. The molecule has 1 aromatic carbocycles. The Bertz CT molecular complexity index is 542. The molecule has 21 heavy (non-hydrogen) atoms. The first-order chi connectivity index (χ1) is 10.2. The van der Waals surface area contributed by atoms with Gasteiger partial charge in [0.15, 0.2) is 0 Å². The van der Waals surface area contributed by atoms with Crippen LogP contribution in [0.25, 0.3) is 0 Å². The fourth-order valence-corrected chi connectivity index (χ4v) is 4.27. The first-order valence-electron chi connectivity index (χ1n) is 8.12. The molecule has 0 amide bonds. The normalized spacial score (nSPS) is 26.9. The van der Waals surface area contributed by atoms with Gasteiger partial charge in [-0.05, 0) is 61.8 Å². The Labute approximate surface area is 128 Å². The SMILES string of the molecule is CN(Cc1cccc(C#CCO)c1)CC1CC2CCC1C2. The molecule has 0 aromatic heterocycles. The molecule has 2 aliphatic carbocycles. The average Bonchev–Trinajstić information content (AvgIpc) is 3.08. The van der Waals surface area contributed by atoms with Crippen LogP contribution in [0.5, 0.6) is 0 Å². The minimum absolute atomic E-state index is 0.0750. The maximum Gasteiger partial charge on any atom is 0.104 e. The molecule has 1 N–H and O–H groups in total. The largest absolute Gasteiger partial charge is 0.384 e. The van der Waals surface area contributed by atoms with Crippen LogP contribution in [0.3, 0.4) is 0 Å². The summed E-state index contributed by atoms with van der Waals surface area (Å²) in [6.45, 7) is 2.14. The molecule has 0 heterocycles. The monoisotopic (exact) mass is 283 g/mol. The molecular formula is C19H25NO. The lowest BCUT2D eigenvalue weighted by Gasteiger charge is -2.27. The van der Waals surface area contributed by atoms with E-state index in [1.54, 1.807) is 0 Å². The van der Waals surface area contributed by atoms with Crippen LogP contribution in [-0.2, 0) is 6.54 Å². The van der Waals surface area contributed by atoms with Gasteiger partial charge < -0.3 is 10.0 Å². The van der Waals surface area contributed by atoms with Crippen LogP contribution in [0.1, 0.15) is 36.8 Å². The molecule has 0 aliphatic heterocycles. The highest BCUT2D eigenvalue weighted by molar-refractivity contribution is 5.37. The number of benzene rings is 1. The summed E-state index contributed by atoms with van der Waals surface area (Å²) >= 11 is 0. The van der Waals surface area contributed by atoms with Gasteiger partial charge >= 0.3 is 0 Å². The molecule has 1 aromatic rings. The third-order valence-electron chi connectivity index (χ3n) is 5.12. The molecule has 112 valence electrons. The quantitative estimate of drug-likeness (QED) is 0.859. The van der Waals surface area contributed by atoms with Crippen LogP contribution < -0.4 is 0 Å². The number of aliphatic hydroxyl groups excluding tert-OH is 1. The second-order valence-electron chi connectivity index (χ2n) is 6.79. The van der Waals surface area contributed by atoms with Crippen molar-refractivity contribution in [2.75, 3.05) is 20.2 Å². The summed E-state index contributed by atoms with van der Waals surface area (Å²) in [6, 6.07) is 8.37. The van der Waals surface area contributed by atoms with Gasteiger partial charge in [-0.2, -0.15) is 0 Å². The zero-order valence-corrected chi connectivity index (χ0v) is 12.9. The van der Waals surface area contributed by atoms with Gasteiger partial charge in [0.1, 0.15) is 6.61 Å². The molecule has 2 fully saturated rings. The summed E-state index contributed by atoms with van der Waals surface area (Å²) in [4.78, 5) is 2.46. The van der Waals surface area contributed by atoms with Crippen molar-refractivity contribution in [3.8, 4) is 11.8 Å². The van der Waals surface area contributed by atoms with Gasteiger partial charge in [0.25, 0.3) is 0 Å².